The zero-order valence-electron chi connectivity index (χ0n) is 22.8. The van der Waals surface area contributed by atoms with Gasteiger partial charge in [0.05, 0.1) is 29.8 Å². The largest absolute Gasteiger partial charge is 0.494 e. The number of aromatic nitrogens is 2. The molecule has 0 aliphatic carbocycles. The molecule has 198 valence electrons. The van der Waals surface area contributed by atoms with Crippen molar-refractivity contribution in [1.82, 2.24) is 9.66 Å². The van der Waals surface area contributed by atoms with Gasteiger partial charge in [-0.05, 0) is 86.7 Å². The van der Waals surface area contributed by atoms with Gasteiger partial charge < -0.3 is 9.47 Å². The molecule has 0 aliphatic heterocycles. The maximum atomic E-state index is 13.8. The first kappa shape index (κ1) is 27.6. The van der Waals surface area contributed by atoms with E-state index in [2.05, 4.69) is 42.8 Å². The van der Waals surface area contributed by atoms with E-state index >= 15 is 0 Å². The highest BCUT2D eigenvalue weighted by Gasteiger charge is 2.19. The van der Waals surface area contributed by atoms with Crippen molar-refractivity contribution < 1.29 is 9.47 Å². The van der Waals surface area contributed by atoms with Gasteiger partial charge in [0.2, 0.25) is 0 Å². The summed E-state index contributed by atoms with van der Waals surface area (Å²) in [6.07, 6.45) is 2.59. The van der Waals surface area contributed by atoms with Gasteiger partial charge in [0.15, 0.2) is 5.82 Å². The quantitative estimate of drug-likeness (QED) is 0.192. The van der Waals surface area contributed by atoms with E-state index in [0.717, 1.165) is 38.9 Å². The Morgan fingerprint density at radius 1 is 1.05 bits per heavy atom. The van der Waals surface area contributed by atoms with Crippen LogP contribution in [0.3, 0.4) is 0 Å². The number of ether oxygens (including phenoxy) is 2. The summed E-state index contributed by atoms with van der Waals surface area (Å²) < 4.78 is 14.3. The molecule has 3 aromatic carbocycles. The molecular formula is C31H34BrN3O3. The fraction of sp³-hybridized carbons (Fsp3) is 0.323. The molecule has 0 spiro atoms. The highest BCUT2D eigenvalue weighted by atomic mass is 79.9. The average Bonchev–Trinajstić information content (AvgIpc) is 2.89. The number of rotatable bonds is 9. The Morgan fingerprint density at radius 3 is 2.53 bits per heavy atom. The maximum Gasteiger partial charge on any atom is 0.282 e. The fourth-order valence-corrected chi connectivity index (χ4v) is 4.60. The van der Waals surface area contributed by atoms with Crippen LogP contribution in [0.25, 0.3) is 22.3 Å². The zero-order chi connectivity index (χ0) is 27.4. The molecule has 0 amide bonds. The van der Waals surface area contributed by atoms with Crippen LogP contribution in [-0.4, -0.2) is 28.6 Å². The van der Waals surface area contributed by atoms with Crippen molar-refractivity contribution in [1.29, 1.82) is 0 Å². The van der Waals surface area contributed by atoms with E-state index in [1.54, 1.807) is 12.3 Å². The smallest absolute Gasteiger partial charge is 0.282 e. The minimum Gasteiger partial charge on any atom is -0.494 e. The highest BCUT2D eigenvalue weighted by molar-refractivity contribution is 9.10. The van der Waals surface area contributed by atoms with Crippen molar-refractivity contribution in [2.75, 3.05) is 6.61 Å². The van der Waals surface area contributed by atoms with Crippen molar-refractivity contribution in [3.63, 3.8) is 0 Å². The van der Waals surface area contributed by atoms with Gasteiger partial charge in [-0.15, -0.1) is 0 Å². The first-order chi connectivity index (χ1) is 18.2. The first-order valence-electron chi connectivity index (χ1n) is 13.0. The fourth-order valence-electron chi connectivity index (χ4n) is 4.22. The summed E-state index contributed by atoms with van der Waals surface area (Å²) >= 11 is 3.54. The summed E-state index contributed by atoms with van der Waals surface area (Å²) in [5, 5.41) is 5.20. The van der Waals surface area contributed by atoms with E-state index in [1.165, 1.54) is 4.68 Å². The van der Waals surface area contributed by atoms with Crippen molar-refractivity contribution in [3.05, 3.63) is 86.1 Å². The molecule has 0 aliphatic rings. The van der Waals surface area contributed by atoms with E-state index < -0.39 is 0 Å². The normalized spacial score (nSPS) is 12.4. The average molecular weight is 577 g/mol. The number of para-hydroxylation sites is 1. The summed E-state index contributed by atoms with van der Waals surface area (Å²) in [4.78, 5) is 18.7. The Labute approximate surface area is 232 Å². The minimum absolute atomic E-state index is 0.0462. The molecule has 0 bridgehead atoms. The summed E-state index contributed by atoms with van der Waals surface area (Å²) in [6.45, 7) is 12.9. The van der Waals surface area contributed by atoms with Gasteiger partial charge in [-0.3, -0.25) is 4.79 Å². The number of aryl methyl sites for hydroxylation is 1. The van der Waals surface area contributed by atoms with Crippen molar-refractivity contribution in [2.24, 2.45) is 5.10 Å². The third-order valence-corrected chi connectivity index (χ3v) is 6.95. The van der Waals surface area contributed by atoms with Crippen LogP contribution in [0.5, 0.6) is 11.5 Å². The van der Waals surface area contributed by atoms with E-state index in [0.29, 0.717) is 29.1 Å². The summed E-state index contributed by atoms with van der Waals surface area (Å²) in [5.74, 6) is 2.26. The number of benzene rings is 3. The van der Waals surface area contributed by atoms with Crippen molar-refractivity contribution in [3.8, 4) is 22.9 Å². The first-order valence-corrected chi connectivity index (χ1v) is 13.8. The summed E-state index contributed by atoms with van der Waals surface area (Å²) in [6, 6.07) is 17.2. The topological polar surface area (TPSA) is 65.7 Å². The van der Waals surface area contributed by atoms with Crippen LogP contribution >= 0.6 is 15.9 Å². The standard InChI is InChI=1S/C31H34BrN3O3/c1-7-21(6)38-28-14-13-23(32)16-22(28)18-33-35-30(34-27-12-10-9-11-24(27)31(35)36)26-17-25(19(3)4)29(37-8-2)15-20(26)5/h9-19,21H,7-8H2,1-6H3/t21-/m0/s1. The molecule has 0 saturated carbocycles. The molecular weight excluding hydrogens is 542 g/mol. The third kappa shape index (κ3) is 5.83. The van der Waals surface area contributed by atoms with Gasteiger partial charge in [0, 0.05) is 15.6 Å². The molecule has 0 unspecified atom stereocenters. The van der Waals surface area contributed by atoms with E-state index in [1.807, 2.05) is 63.2 Å². The monoisotopic (exact) mass is 575 g/mol. The number of halogens is 1. The van der Waals surface area contributed by atoms with Crippen LogP contribution in [-0.2, 0) is 0 Å². The van der Waals surface area contributed by atoms with Gasteiger partial charge in [-0.2, -0.15) is 9.78 Å². The molecule has 4 rings (SSSR count). The molecule has 0 saturated heterocycles. The lowest BCUT2D eigenvalue weighted by Gasteiger charge is -2.18. The van der Waals surface area contributed by atoms with Gasteiger partial charge >= 0.3 is 0 Å². The van der Waals surface area contributed by atoms with Crippen LogP contribution < -0.4 is 15.0 Å². The van der Waals surface area contributed by atoms with Crippen LogP contribution in [0.2, 0.25) is 0 Å². The Morgan fingerprint density at radius 2 is 1.82 bits per heavy atom. The second-order valence-corrected chi connectivity index (χ2v) is 10.5. The predicted molar refractivity (Wildman–Crippen MR) is 159 cm³/mol. The Bertz CT molecular complexity index is 1540. The molecule has 0 fully saturated rings. The predicted octanol–water partition coefficient (Wildman–Crippen LogP) is 7.72. The lowest BCUT2D eigenvalue weighted by molar-refractivity contribution is 0.217. The number of hydrogen-bond acceptors (Lipinski definition) is 5. The molecule has 0 N–H and O–H groups in total. The second kappa shape index (κ2) is 11.9. The van der Waals surface area contributed by atoms with Gasteiger partial charge in [0.1, 0.15) is 11.5 Å². The summed E-state index contributed by atoms with van der Waals surface area (Å²) in [5.41, 5.74) is 4.00. The van der Waals surface area contributed by atoms with E-state index in [9.17, 15) is 4.79 Å². The number of fused-ring (bicyclic) bond motifs is 1. The Hall–Kier alpha value is -3.45. The summed E-state index contributed by atoms with van der Waals surface area (Å²) in [7, 11) is 0. The van der Waals surface area contributed by atoms with Crippen LogP contribution in [0.15, 0.2) is 69.0 Å². The zero-order valence-corrected chi connectivity index (χ0v) is 24.4. The van der Waals surface area contributed by atoms with Crippen molar-refractivity contribution >= 4 is 33.0 Å². The molecule has 1 heterocycles. The number of nitrogens with zero attached hydrogens (tertiary/aromatic N) is 3. The molecule has 4 aromatic rings. The van der Waals surface area contributed by atoms with Crippen LogP contribution in [0.1, 0.15) is 63.6 Å². The SMILES string of the molecule is CCOc1cc(C)c(-c2nc3ccccc3c(=O)n2N=Cc2cc(Br)ccc2O[C@@H](C)CC)cc1C(C)C. The van der Waals surface area contributed by atoms with Gasteiger partial charge in [0.25, 0.3) is 5.56 Å². The highest BCUT2D eigenvalue weighted by Crippen LogP contribution is 2.34. The van der Waals surface area contributed by atoms with E-state index in [-0.39, 0.29) is 17.6 Å². The second-order valence-electron chi connectivity index (χ2n) is 9.63. The lowest BCUT2D eigenvalue weighted by Crippen LogP contribution is -2.21. The number of hydrogen-bond donors (Lipinski definition) is 0. The molecule has 1 atom stereocenters. The van der Waals surface area contributed by atoms with Crippen LogP contribution in [0, 0.1) is 6.92 Å². The molecule has 7 heteroatoms. The molecule has 38 heavy (non-hydrogen) atoms. The van der Waals surface area contributed by atoms with Gasteiger partial charge in [-0.25, -0.2) is 4.98 Å². The molecule has 6 nitrogen and oxygen atoms in total. The lowest BCUT2D eigenvalue weighted by atomic mass is 9.96. The minimum atomic E-state index is -0.236. The Kier molecular flexibility index (Phi) is 8.67. The molecule has 1 aromatic heterocycles. The van der Waals surface area contributed by atoms with Gasteiger partial charge in [-0.1, -0.05) is 48.8 Å². The third-order valence-electron chi connectivity index (χ3n) is 6.46. The van der Waals surface area contributed by atoms with E-state index in [4.69, 9.17) is 19.6 Å². The molecule has 0 radical (unpaired) electrons. The van der Waals surface area contributed by atoms with Crippen molar-refractivity contribution in [2.45, 2.75) is 60.0 Å². The Balaban J connectivity index is 1.95. The van der Waals surface area contributed by atoms with Crippen LogP contribution in [0.4, 0.5) is 0 Å². The maximum absolute atomic E-state index is 13.8.